The van der Waals surface area contributed by atoms with Crippen molar-refractivity contribution >= 4 is 5.91 Å². The largest absolute Gasteiger partial charge is 0.494 e. The van der Waals surface area contributed by atoms with Crippen molar-refractivity contribution in [3.63, 3.8) is 0 Å². The maximum absolute atomic E-state index is 11.5. The summed E-state index contributed by atoms with van der Waals surface area (Å²) in [6.45, 7) is 1.53. The van der Waals surface area contributed by atoms with Gasteiger partial charge in [-0.05, 0) is 6.92 Å². The van der Waals surface area contributed by atoms with E-state index in [-0.39, 0.29) is 19.0 Å². The van der Waals surface area contributed by atoms with Crippen molar-refractivity contribution in [2.45, 2.75) is 12.5 Å². The van der Waals surface area contributed by atoms with Crippen LogP contribution in [0.3, 0.4) is 0 Å². The van der Waals surface area contributed by atoms with Gasteiger partial charge in [0.25, 0.3) is 5.91 Å². The minimum absolute atomic E-state index is 0.0503. The van der Waals surface area contributed by atoms with Gasteiger partial charge in [0.2, 0.25) is 5.76 Å². The van der Waals surface area contributed by atoms with E-state index in [9.17, 15) is 4.79 Å². The molecular formula is C9H15NO5. The van der Waals surface area contributed by atoms with Crippen molar-refractivity contribution in [1.29, 1.82) is 0 Å². The molecule has 1 aliphatic rings. The van der Waals surface area contributed by atoms with Crippen LogP contribution < -0.4 is 5.32 Å². The summed E-state index contributed by atoms with van der Waals surface area (Å²) in [4.78, 5) is 11.5. The molecule has 0 fully saturated rings. The average Bonchev–Trinajstić information content (AvgIpc) is 2.30. The third-order valence-electron chi connectivity index (χ3n) is 1.99. The van der Waals surface area contributed by atoms with E-state index in [2.05, 4.69) is 5.32 Å². The molecule has 0 bridgehead atoms. The van der Waals surface area contributed by atoms with Crippen LogP contribution in [0.1, 0.15) is 6.92 Å². The molecule has 3 N–H and O–H groups in total. The molecule has 0 aromatic heterocycles. The fourth-order valence-electron chi connectivity index (χ4n) is 0.952. The lowest BCUT2D eigenvalue weighted by molar-refractivity contribution is -0.125. The number of carbonyl (C=O) groups is 1. The maximum atomic E-state index is 11.5. The first-order valence-corrected chi connectivity index (χ1v) is 4.60. The number of amides is 1. The number of aliphatic hydroxyl groups excluding tert-OH is 2. The van der Waals surface area contributed by atoms with Gasteiger partial charge in [0.1, 0.15) is 19.5 Å². The fraction of sp³-hybridized carbons (Fsp3) is 0.667. The van der Waals surface area contributed by atoms with Crippen molar-refractivity contribution in [2.24, 2.45) is 0 Å². The standard InChI is InChI=1S/C9H15NO5/c1-9(5-11,6-12)10-8(13)7-4-14-2-3-15-7/h4,11-12H,2-3,5-6H2,1H3,(H,10,13). The highest BCUT2D eigenvalue weighted by atomic mass is 16.6. The quantitative estimate of drug-likeness (QED) is 0.546. The molecule has 6 heteroatoms. The van der Waals surface area contributed by atoms with Crippen molar-refractivity contribution in [2.75, 3.05) is 26.4 Å². The molecule has 0 aliphatic carbocycles. The van der Waals surface area contributed by atoms with Gasteiger partial charge in [0.05, 0.1) is 18.8 Å². The average molecular weight is 217 g/mol. The van der Waals surface area contributed by atoms with Crippen LogP contribution >= 0.6 is 0 Å². The molecule has 0 spiro atoms. The first kappa shape index (κ1) is 11.8. The summed E-state index contributed by atoms with van der Waals surface area (Å²) in [6, 6.07) is 0. The van der Waals surface area contributed by atoms with E-state index in [1.807, 2.05) is 0 Å². The summed E-state index contributed by atoms with van der Waals surface area (Å²) in [5.41, 5.74) is -1.06. The molecule has 1 heterocycles. The first-order valence-electron chi connectivity index (χ1n) is 4.60. The smallest absolute Gasteiger partial charge is 0.290 e. The van der Waals surface area contributed by atoms with Crippen LogP contribution in [0, 0.1) is 0 Å². The molecule has 6 nitrogen and oxygen atoms in total. The fourth-order valence-corrected chi connectivity index (χ4v) is 0.952. The van der Waals surface area contributed by atoms with E-state index in [0.29, 0.717) is 13.2 Å². The molecule has 0 saturated carbocycles. The monoisotopic (exact) mass is 217 g/mol. The molecule has 0 unspecified atom stereocenters. The zero-order chi connectivity index (χ0) is 11.3. The lowest BCUT2D eigenvalue weighted by Crippen LogP contribution is -2.52. The molecule has 1 aliphatic heterocycles. The van der Waals surface area contributed by atoms with E-state index >= 15 is 0 Å². The molecule has 1 rings (SSSR count). The third-order valence-corrected chi connectivity index (χ3v) is 1.99. The van der Waals surface area contributed by atoms with E-state index in [1.165, 1.54) is 13.2 Å². The first-order chi connectivity index (χ1) is 7.11. The molecule has 0 atom stereocenters. The Morgan fingerprint density at radius 1 is 1.53 bits per heavy atom. The van der Waals surface area contributed by atoms with Crippen LogP contribution in [-0.4, -0.2) is 48.1 Å². The van der Waals surface area contributed by atoms with Crippen molar-refractivity contribution in [1.82, 2.24) is 5.32 Å². The maximum Gasteiger partial charge on any atom is 0.290 e. The van der Waals surface area contributed by atoms with Gasteiger partial charge in [-0.15, -0.1) is 0 Å². The van der Waals surface area contributed by atoms with Crippen molar-refractivity contribution < 1.29 is 24.5 Å². The molecule has 86 valence electrons. The number of hydrogen-bond donors (Lipinski definition) is 3. The van der Waals surface area contributed by atoms with Gasteiger partial charge in [-0.3, -0.25) is 4.79 Å². The Labute approximate surface area is 87.5 Å². The van der Waals surface area contributed by atoms with Crippen LogP contribution in [0.25, 0.3) is 0 Å². The van der Waals surface area contributed by atoms with Crippen LogP contribution in [-0.2, 0) is 14.3 Å². The van der Waals surface area contributed by atoms with E-state index < -0.39 is 11.4 Å². The second kappa shape index (κ2) is 4.99. The second-order valence-electron chi connectivity index (χ2n) is 3.53. The van der Waals surface area contributed by atoms with E-state index in [4.69, 9.17) is 19.7 Å². The predicted octanol–water partition coefficient (Wildman–Crippen LogP) is -1.27. The number of nitrogens with one attached hydrogen (secondary N) is 1. The highest BCUT2D eigenvalue weighted by Crippen LogP contribution is 2.07. The Bertz CT molecular complexity index is 259. The van der Waals surface area contributed by atoms with E-state index in [0.717, 1.165) is 0 Å². The van der Waals surface area contributed by atoms with Crippen LogP contribution in [0.15, 0.2) is 12.0 Å². The van der Waals surface area contributed by atoms with E-state index in [1.54, 1.807) is 0 Å². The Hall–Kier alpha value is -1.27. The minimum Gasteiger partial charge on any atom is -0.494 e. The summed E-state index contributed by atoms with van der Waals surface area (Å²) in [5, 5.41) is 20.4. The van der Waals surface area contributed by atoms with Crippen LogP contribution in [0.4, 0.5) is 0 Å². The summed E-state index contributed by atoms with van der Waals surface area (Å²) >= 11 is 0. The van der Waals surface area contributed by atoms with Gasteiger partial charge < -0.3 is 25.0 Å². The zero-order valence-electron chi connectivity index (χ0n) is 8.52. The lowest BCUT2D eigenvalue weighted by Gasteiger charge is -2.27. The SMILES string of the molecule is CC(CO)(CO)NC(=O)C1=COCCO1. The van der Waals surface area contributed by atoms with Gasteiger partial charge in [0.15, 0.2) is 0 Å². The number of aliphatic hydroxyl groups is 2. The Morgan fingerprint density at radius 3 is 2.67 bits per heavy atom. The number of hydrogen-bond acceptors (Lipinski definition) is 5. The Kier molecular flexibility index (Phi) is 3.93. The number of carbonyl (C=O) groups excluding carboxylic acids is 1. The molecule has 1 amide bonds. The summed E-state index contributed by atoms with van der Waals surface area (Å²) in [7, 11) is 0. The van der Waals surface area contributed by atoms with Crippen molar-refractivity contribution in [3.05, 3.63) is 12.0 Å². The number of ether oxygens (including phenoxy) is 2. The normalized spacial score (nSPS) is 16.1. The number of rotatable bonds is 4. The second-order valence-corrected chi connectivity index (χ2v) is 3.53. The van der Waals surface area contributed by atoms with Gasteiger partial charge in [-0.1, -0.05) is 0 Å². The molecule has 0 aromatic rings. The van der Waals surface area contributed by atoms with Gasteiger partial charge in [-0.25, -0.2) is 0 Å². The van der Waals surface area contributed by atoms with Crippen molar-refractivity contribution in [3.8, 4) is 0 Å². The highest BCUT2D eigenvalue weighted by Gasteiger charge is 2.27. The third kappa shape index (κ3) is 3.10. The molecule has 0 saturated heterocycles. The van der Waals surface area contributed by atoms with Gasteiger partial charge >= 0.3 is 0 Å². The van der Waals surface area contributed by atoms with Gasteiger partial charge in [0, 0.05) is 0 Å². The van der Waals surface area contributed by atoms with Crippen LogP contribution in [0.2, 0.25) is 0 Å². The summed E-state index contributed by atoms with van der Waals surface area (Å²) in [5.74, 6) is -0.463. The molecule has 0 radical (unpaired) electrons. The topological polar surface area (TPSA) is 88.0 Å². The van der Waals surface area contributed by atoms with Crippen LogP contribution in [0.5, 0.6) is 0 Å². The molecule has 0 aromatic carbocycles. The predicted molar refractivity (Wildman–Crippen MR) is 50.7 cm³/mol. The summed E-state index contributed by atoms with van der Waals surface area (Å²) in [6.07, 6.45) is 1.22. The lowest BCUT2D eigenvalue weighted by atomic mass is 10.1. The minimum atomic E-state index is -1.06. The Morgan fingerprint density at radius 2 is 2.20 bits per heavy atom. The zero-order valence-corrected chi connectivity index (χ0v) is 8.52. The highest BCUT2D eigenvalue weighted by molar-refractivity contribution is 5.91. The molecule has 15 heavy (non-hydrogen) atoms. The van der Waals surface area contributed by atoms with Gasteiger partial charge in [-0.2, -0.15) is 0 Å². The Balaban J connectivity index is 2.57. The molecular weight excluding hydrogens is 202 g/mol. The summed E-state index contributed by atoms with van der Waals surface area (Å²) < 4.78 is 9.95.